The van der Waals surface area contributed by atoms with Crippen molar-refractivity contribution in [3.05, 3.63) is 473 Å². The molecule has 20 aromatic carbocycles. The summed E-state index contributed by atoms with van der Waals surface area (Å²) in [6, 6.07) is 168. The van der Waals surface area contributed by atoms with E-state index in [1.54, 1.807) is 11.3 Å². The van der Waals surface area contributed by atoms with E-state index in [-0.39, 0.29) is 0 Å². The van der Waals surface area contributed by atoms with Crippen molar-refractivity contribution in [2.75, 3.05) is 0 Å². The van der Waals surface area contributed by atoms with Gasteiger partial charge in [-0.25, -0.2) is 29.9 Å². The Morgan fingerprint density at radius 2 is 0.428 bits per heavy atom. The zero-order valence-electron chi connectivity index (χ0n) is 74.3. The second-order valence-corrected chi connectivity index (χ2v) is 36.3. The lowest BCUT2D eigenvalue weighted by molar-refractivity contribution is 0.669. The van der Waals surface area contributed by atoms with Gasteiger partial charge in [-0.3, -0.25) is 0 Å². The van der Waals surface area contributed by atoms with Crippen molar-refractivity contribution in [2.45, 2.75) is 0 Å². The molecule has 0 unspecified atom stereocenters. The number of hydrogen-bond donors (Lipinski definition) is 0. The molecule has 8 aromatic heterocycles. The number of rotatable bonds is 14. The van der Waals surface area contributed by atoms with E-state index >= 15 is 0 Å². The van der Waals surface area contributed by atoms with Gasteiger partial charge in [-0.1, -0.05) is 303 Å². The van der Waals surface area contributed by atoms with Crippen molar-refractivity contribution in [2.24, 2.45) is 0 Å². The van der Waals surface area contributed by atoms with E-state index in [0.717, 1.165) is 100 Å². The third kappa shape index (κ3) is 13.6. The first kappa shape index (κ1) is 79.4. The van der Waals surface area contributed by atoms with Crippen molar-refractivity contribution in [1.29, 1.82) is 0 Å². The van der Waals surface area contributed by atoms with Crippen molar-refractivity contribution < 1.29 is 4.42 Å². The van der Waals surface area contributed by atoms with Gasteiger partial charge in [-0.2, -0.15) is 0 Å². The highest BCUT2D eigenvalue weighted by Gasteiger charge is 2.25. The fourth-order valence-electron chi connectivity index (χ4n) is 20.6. The van der Waals surface area contributed by atoms with Crippen LogP contribution in [0.25, 0.3) is 265 Å². The summed E-state index contributed by atoms with van der Waals surface area (Å²) in [6.07, 6.45) is 0. The van der Waals surface area contributed by atoms with Crippen molar-refractivity contribution in [1.82, 2.24) is 48.2 Å². The molecule has 12 heteroatoms. The van der Waals surface area contributed by atoms with E-state index in [1.807, 2.05) is 127 Å². The summed E-state index contributed by atoms with van der Waals surface area (Å²) in [5.41, 5.74) is 30.5. The largest absolute Gasteiger partial charge is 0.455 e. The zero-order chi connectivity index (χ0) is 90.8. The Labute approximate surface area is 796 Å². The van der Waals surface area contributed by atoms with Crippen LogP contribution in [0.4, 0.5) is 0 Å². The van der Waals surface area contributed by atoms with E-state index in [0.29, 0.717) is 34.9 Å². The minimum Gasteiger partial charge on any atom is -0.455 e. The number of nitrogens with zero attached hydrogens (tertiary/aromatic N) is 10. The molecular weight excluding hydrogens is 1700 g/mol. The number of thiophene rings is 1. The standard InChI is InChI=1S/C63H39N5O.C63H39N5S/c1-5-16-40(17-6-1)61-64-62(41-18-7-2-8-19-41)66-63(65-61)50-26-15-25-49-54-39-45(31-35-59(54)69-60(49)50)44-30-34-58-53(38-44)52-37-43(29-33-57(52)68(58)47-22-11-4-12-23-47)42-28-32-56-51(36-42)48-24-13-14-27-55(48)67(56)46-20-9-3-10-21-46;1-5-15-40(16-6-1)61-64-62(41-17-7-2-8-18-41)66-63(65-61)46-25-30-50-54-38-45(29-34-59(54)69-60(50)39-46)44-28-33-58-53(37-44)52-36-43(27-32-57(52)68(58)48-21-11-4-12-22-48)42-26-31-56-51(35-42)49-23-13-14-24-55(49)67(56)47-19-9-3-10-20-47/h2*1-39H. The van der Waals surface area contributed by atoms with Gasteiger partial charge in [0.15, 0.2) is 34.9 Å². The predicted octanol–water partition coefficient (Wildman–Crippen LogP) is 33.1. The Balaban J connectivity index is 0.000000139. The summed E-state index contributed by atoms with van der Waals surface area (Å²) in [7, 11) is 0. The number of hydrogen-bond acceptors (Lipinski definition) is 8. The Hall–Kier alpha value is -18.4. The molecule has 0 radical (unpaired) electrons. The molecule has 138 heavy (non-hydrogen) atoms. The van der Waals surface area contributed by atoms with Crippen LogP contribution in [0.3, 0.4) is 0 Å². The Morgan fingerprint density at radius 3 is 0.790 bits per heavy atom. The molecule has 0 aliphatic rings. The number of aromatic nitrogens is 10. The van der Waals surface area contributed by atoms with Crippen molar-refractivity contribution >= 4 is 141 Å². The molecule has 0 fully saturated rings. The summed E-state index contributed by atoms with van der Waals surface area (Å²) < 4.78 is 18.7. The normalized spacial score (nSPS) is 11.8. The molecule has 0 saturated heterocycles. The highest BCUT2D eigenvalue weighted by Crippen LogP contribution is 2.47. The second kappa shape index (κ2) is 32.8. The maximum absolute atomic E-state index is 6.72. The van der Waals surface area contributed by atoms with Crippen LogP contribution in [0.1, 0.15) is 0 Å². The van der Waals surface area contributed by atoms with Gasteiger partial charge >= 0.3 is 0 Å². The third-order valence-electron chi connectivity index (χ3n) is 27.1. The van der Waals surface area contributed by atoms with Gasteiger partial charge in [0.1, 0.15) is 11.2 Å². The van der Waals surface area contributed by atoms with Crippen LogP contribution >= 0.6 is 11.3 Å². The van der Waals surface area contributed by atoms with Crippen molar-refractivity contribution in [3.8, 4) is 136 Å². The molecule has 0 aliphatic carbocycles. The van der Waals surface area contributed by atoms with Gasteiger partial charge in [-0.15, -0.1) is 11.3 Å². The first-order valence-electron chi connectivity index (χ1n) is 46.5. The van der Waals surface area contributed by atoms with Crippen molar-refractivity contribution in [3.63, 3.8) is 0 Å². The minimum atomic E-state index is 0.561. The fraction of sp³-hybridized carbons (Fsp3) is 0. The Morgan fingerprint density at radius 1 is 0.159 bits per heavy atom. The fourth-order valence-corrected chi connectivity index (χ4v) is 21.7. The summed E-state index contributed by atoms with van der Waals surface area (Å²) in [5, 5.41) is 14.3. The highest BCUT2D eigenvalue weighted by molar-refractivity contribution is 7.25. The number of para-hydroxylation sites is 7. The van der Waals surface area contributed by atoms with Gasteiger partial charge in [0, 0.05) is 125 Å². The summed E-state index contributed by atoms with van der Waals surface area (Å²) in [6.45, 7) is 0. The highest BCUT2D eigenvalue weighted by atomic mass is 32.1. The Kier molecular flexibility index (Phi) is 18.9. The molecule has 0 aliphatic heterocycles. The van der Waals surface area contributed by atoms with Crippen LogP contribution in [-0.2, 0) is 0 Å². The monoisotopic (exact) mass is 1780 g/mol. The smallest absolute Gasteiger partial charge is 0.167 e. The summed E-state index contributed by atoms with van der Waals surface area (Å²) >= 11 is 1.81. The first-order chi connectivity index (χ1) is 68.4. The van der Waals surface area contributed by atoms with Crippen LogP contribution < -0.4 is 0 Å². The lowest BCUT2D eigenvalue weighted by Crippen LogP contribution is -2.00. The Bertz CT molecular complexity index is 9580. The average Bonchev–Trinajstić information content (AvgIpc) is 1.57. The lowest BCUT2D eigenvalue weighted by Gasteiger charge is -2.09. The van der Waals surface area contributed by atoms with Gasteiger partial charge in [0.2, 0.25) is 0 Å². The van der Waals surface area contributed by atoms with E-state index in [1.165, 1.54) is 130 Å². The maximum atomic E-state index is 6.72. The molecule has 0 amide bonds. The summed E-state index contributed by atoms with van der Waals surface area (Å²) in [5.74, 6) is 3.76. The van der Waals surface area contributed by atoms with Crippen LogP contribution in [0.5, 0.6) is 0 Å². The third-order valence-corrected chi connectivity index (χ3v) is 28.3. The molecule has 28 aromatic rings. The molecule has 0 saturated carbocycles. The van der Waals surface area contributed by atoms with Gasteiger partial charge in [0.05, 0.1) is 49.7 Å². The van der Waals surface area contributed by atoms with E-state index < -0.39 is 0 Å². The SMILES string of the molecule is c1ccc(-c2nc(-c3ccccc3)nc(-c3ccc4c(c3)sc3ccc(-c5ccc6c(c5)c5cc(-c7ccc8c(c7)c7ccccc7n8-c7ccccc7)ccc5n6-c5ccccc5)cc34)n2)cc1.c1ccc(-c2nc(-c3ccccc3)nc(-c3cccc4c3oc3ccc(-c5ccc6c(c5)c5cc(-c7ccc8c(c7)c7ccccc7n8-c7ccccc7)ccc5n6-c5ccccc5)cc34)n2)cc1. The lowest BCUT2D eigenvalue weighted by atomic mass is 9.98. The molecule has 0 N–H and O–H groups in total. The molecule has 0 atom stereocenters. The van der Waals surface area contributed by atoms with Crippen LogP contribution in [-0.4, -0.2) is 48.2 Å². The molecule has 0 spiro atoms. The van der Waals surface area contributed by atoms with Gasteiger partial charge < -0.3 is 22.7 Å². The van der Waals surface area contributed by atoms with Crippen LogP contribution in [0.15, 0.2) is 478 Å². The van der Waals surface area contributed by atoms with E-state index in [2.05, 4.69) is 364 Å². The number of furan rings is 1. The molecule has 0 bridgehead atoms. The number of benzene rings is 20. The zero-order valence-corrected chi connectivity index (χ0v) is 75.1. The van der Waals surface area contributed by atoms with Crippen LogP contribution in [0, 0.1) is 0 Å². The van der Waals surface area contributed by atoms with Gasteiger partial charge in [0.25, 0.3) is 0 Å². The topological polar surface area (TPSA) is 110 Å². The predicted molar refractivity (Wildman–Crippen MR) is 572 cm³/mol. The molecule has 8 heterocycles. The summed E-state index contributed by atoms with van der Waals surface area (Å²) in [4.78, 5) is 30.0. The van der Waals surface area contributed by atoms with E-state index in [9.17, 15) is 0 Å². The molecule has 11 nitrogen and oxygen atoms in total. The molecule has 644 valence electrons. The van der Waals surface area contributed by atoms with Gasteiger partial charge in [-0.05, 0) is 214 Å². The quantitative estimate of drug-likeness (QED) is 0.107. The minimum absolute atomic E-state index is 0.561. The second-order valence-electron chi connectivity index (χ2n) is 35.2. The average molecular weight is 1780 g/mol. The maximum Gasteiger partial charge on any atom is 0.167 e. The van der Waals surface area contributed by atoms with Crippen LogP contribution in [0.2, 0.25) is 0 Å². The molecular formula is C126H78N10OS. The number of fused-ring (bicyclic) bond motifs is 18. The first-order valence-corrected chi connectivity index (χ1v) is 47.3. The molecule has 28 rings (SSSR count). The van der Waals surface area contributed by atoms with E-state index in [4.69, 9.17) is 34.3 Å².